The van der Waals surface area contributed by atoms with Gasteiger partial charge in [-0.05, 0) is 74.0 Å². The summed E-state index contributed by atoms with van der Waals surface area (Å²) in [6.07, 6.45) is 2.09. The predicted octanol–water partition coefficient (Wildman–Crippen LogP) is 4.73. The Labute approximate surface area is 201 Å². The number of carbonyl (C=O) groups is 1. The quantitative estimate of drug-likeness (QED) is 0.556. The van der Waals surface area contributed by atoms with Crippen LogP contribution in [0.4, 0.5) is 13.2 Å². The van der Waals surface area contributed by atoms with Crippen molar-refractivity contribution >= 4 is 17.1 Å². The first-order chi connectivity index (χ1) is 16.9. The molecule has 4 heterocycles. The largest absolute Gasteiger partial charge is 0.573 e. The summed E-state index contributed by atoms with van der Waals surface area (Å²) in [6, 6.07) is 7.10. The highest BCUT2D eigenvalue weighted by molar-refractivity contribution is 5.94. The summed E-state index contributed by atoms with van der Waals surface area (Å²) in [7, 11) is 0. The molecule has 5 rings (SSSR count). The molecule has 186 valence electrons. The number of carbonyl (C=O) groups excluding carboxylic acids is 1. The molecule has 2 aliphatic rings. The van der Waals surface area contributed by atoms with Gasteiger partial charge in [-0.1, -0.05) is 6.42 Å². The second-order valence-electron chi connectivity index (χ2n) is 9.25. The molecule has 2 aliphatic heterocycles. The van der Waals surface area contributed by atoms with E-state index in [0.717, 1.165) is 54.9 Å². The average molecular weight is 488 g/mol. The average Bonchev–Trinajstić information content (AvgIpc) is 3.10. The fourth-order valence-electron chi connectivity index (χ4n) is 5.10. The van der Waals surface area contributed by atoms with E-state index in [4.69, 9.17) is 4.98 Å². The summed E-state index contributed by atoms with van der Waals surface area (Å²) >= 11 is 0. The summed E-state index contributed by atoms with van der Waals surface area (Å²) in [6.45, 7) is 3.10. The maximum Gasteiger partial charge on any atom is 0.573 e. The third-order valence-corrected chi connectivity index (χ3v) is 6.92. The number of halogens is 3. The predicted molar refractivity (Wildman–Crippen MR) is 124 cm³/mol. The fourth-order valence-corrected chi connectivity index (χ4v) is 5.10. The van der Waals surface area contributed by atoms with E-state index in [0.29, 0.717) is 24.6 Å². The van der Waals surface area contributed by atoms with Gasteiger partial charge in [0, 0.05) is 37.3 Å². The van der Waals surface area contributed by atoms with E-state index in [2.05, 4.69) is 20.0 Å². The van der Waals surface area contributed by atoms with Crippen LogP contribution in [0.25, 0.3) is 11.2 Å². The monoisotopic (exact) mass is 487 g/mol. The molecule has 0 spiro atoms. The first-order valence-electron chi connectivity index (χ1n) is 12.1. The number of benzene rings is 1. The molecule has 2 aromatic heterocycles. The smallest absolute Gasteiger partial charge is 0.406 e. The van der Waals surface area contributed by atoms with Gasteiger partial charge in [0.2, 0.25) is 0 Å². The molecule has 1 aromatic carbocycles. The van der Waals surface area contributed by atoms with Crippen LogP contribution in [0.3, 0.4) is 0 Å². The Kier molecular flexibility index (Phi) is 6.64. The van der Waals surface area contributed by atoms with Crippen LogP contribution in [0.1, 0.15) is 65.7 Å². The Bertz CT molecular complexity index is 1160. The number of ether oxygens (including phenoxy) is 1. The second kappa shape index (κ2) is 9.85. The number of fused-ring (bicyclic) bond motifs is 1. The van der Waals surface area contributed by atoms with Crippen LogP contribution in [0, 0.1) is 0 Å². The van der Waals surface area contributed by atoms with Crippen molar-refractivity contribution in [3.63, 3.8) is 0 Å². The normalized spacial score (nSPS) is 20.1. The maximum atomic E-state index is 12.9. The molecule has 2 saturated heterocycles. The van der Waals surface area contributed by atoms with Gasteiger partial charge in [-0.15, -0.1) is 13.2 Å². The molecule has 0 bridgehead atoms. The topological polar surface area (TPSA) is 83.1 Å². The van der Waals surface area contributed by atoms with Gasteiger partial charge < -0.3 is 19.9 Å². The van der Waals surface area contributed by atoms with Gasteiger partial charge in [0.05, 0.1) is 0 Å². The van der Waals surface area contributed by atoms with E-state index < -0.39 is 6.36 Å². The van der Waals surface area contributed by atoms with Gasteiger partial charge in [0.1, 0.15) is 17.1 Å². The van der Waals surface area contributed by atoms with Crippen molar-refractivity contribution in [2.75, 3.05) is 26.2 Å². The van der Waals surface area contributed by atoms with Gasteiger partial charge in [0.15, 0.2) is 5.65 Å². The lowest BCUT2D eigenvalue weighted by molar-refractivity contribution is -0.274. The minimum atomic E-state index is -4.76. The van der Waals surface area contributed by atoms with E-state index in [1.54, 1.807) is 4.90 Å². The Morgan fingerprint density at radius 1 is 1.03 bits per heavy atom. The van der Waals surface area contributed by atoms with Gasteiger partial charge in [-0.3, -0.25) is 4.79 Å². The fraction of sp³-hybridized carbons (Fsp3) is 0.480. The highest BCUT2D eigenvalue weighted by Gasteiger charge is 2.31. The number of hydrogen-bond acceptors (Lipinski definition) is 5. The van der Waals surface area contributed by atoms with E-state index in [1.807, 2.05) is 12.3 Å². The molecule has 0 saturated carbocycles. The van der Waals surface area contributed by atoms with Gasteiger partial charge in [-0.2, -0.15) is 0 Å². The Balaban J connectivity index is 1.25. The Hall–Kier alpha value is -3.14. The summed E-state index contributed by atoms with van der Waals surface area (Å²) in [4.78, 5) is 27.5. The van der Waals surface area contributed by atoms with E-state index in [9.17, 15) is 18.0 Å². The molecule has 1 amide bonds. The number of alkyl halides is 3. The van der Waals surface area contributed by atoms with Crippen molar-refractivity contribution in [1.29, 1.82) is 0 Å². The molecule has 7 nitrogen and oxygen atoms in total. The van der Waals surface area contributed by atoms with Crippen LogP contribution >= 0.6 is 0 Å². The first-order valence-corrected chi connectivity index (χ1v) is 12.1. The van der Waals surface area contributed by atoms with Crippen molar-refractivity contribution in [3.8, 4) is 5.75 Å². The molecule has 0 radical (unpaired) electrons. The van der Waals surface area contributed by atoms with Crippen LogP contribution in [0.15, 0.2) is 36.5 Å². The van der Waals surface area contributed by atoms with Crippen molar-refractivity contribution in [1.82, 2.24) is 25.2 Å². The SMILES string of the molecule is O=C(c1ccc(OC(F)(F)F)cc1)N1CCC(c2ccnc3[nH]c(C4CCCCNC4)nc23)CC1. The number of likely N-dealkylation sites (tertiary alicyclic amines) is 1. The number of aromatic nitrogens is 3. The molecule has 1 unspecified atom stereocenters. The van der Waals surface area contributed by atoms with Gasteiger partial charge >= 0.3 is 6.36 Å². The number of hydrogen-bond donors (Lipinski definition) is 2. The number of piperidine rings is 1. The first kappa shape index (κ1) is 23.6. The Morgan fingerprint density at radius 2 is 1.80 bits per heavy atom. The van der Waals surface area contributed by atoms with E-state index in [-0.39, 0.29) is 17.6 Å². The van der Waals surface area contributed by atoms with Crippen LogP contribution in [-0.4, -0.2) is 58.3 Å². The highest BCUT2D eigenvalue weighted by Crippen LogP contribution is 2.33. The number of H-pyrrole nitrogens is 1. The molecule has 3 aromatic rings. The number of pyridine rings is 1. The molecular formula is C25H28F3N5O2. The highest BCUT2D eigenvalue weighted by atomic mass is 19.4. The van der Waals surface area contributed by atoms with Crippen molar-refractivity contribution in [2.45, 2.75) is 50.3 Å². The maximum absolute atomic E-state index is 12.9. The summed E-state index contributed by atoms with van der Waals surface area (Å²) in [5.41, 5.74) is 3.22. The zero-order chi connectivity index (χ0) is 24.4. The molecule has 1 atom stereocenters. The molecule has 2 N–H and O–H groups in total. The number of nitrogens with one attached hydrogen (secondary N) is 2. The number of nitrogens with zero attached hydrogens (tertiary/aromatic N) is 3. The molecule has 35 heavy (non-hydrogen) atoms. The molecular weight excluding hydrogens is 459 g/mol. The third-order valence-electron chi connectivity index (χ3n) is 6.92. The Morgan fingerprint density at radius 3 is 2.54 bits per heavy atom. The number of aromatic amines is 1. The lowest BCUT2D eigenvalue weighted by Crippen LogP contribution is -2.38. The summed E-state index contributed by atoms with van der Waals surface area (Å²) < 4.78 is 41.0. The molecule has 0 aliphatic carbocycles. The summed E-state index contributed by atoms with van der Waals surface area (Å²) in [5.74, 6) is 1.07. The van der Waals surface area contributed by atoms with Gasteiger partial charge in [0.25, 0.3) is 5.91 Å². The minimum absolute atomic E-state index is 0.190. The van der Waals surface area contributed by atoms with Crippen LogP contribution in [0.5, 0.6) is 5.75 Å². The van der Waals surface area contributed by atoms with Crippen molar-refractivity contribution < 1.29 is 22.7 Å². The second-order valence-corrected chi connectivity index (χ2v) is 9.25. The van der Waals surface area contributed by atoms with Crippen molar-refractivity contribution in [2.24, 2.45) is 0 Å². The zero-order valence-corrected chi connectivity index (χ0v) is 19.3. The third kappa shape index (κ3) is 5.42. The van der Waals surface area contributed by atoms with E-state index >= 15 is 0 Å². The summed E-state index contributed by atoms with van der Waals surface area (Å²) in [5, 5.41) is 3.49. The minimum Gasteiger partial charge on any atom is -0.406 e. The molecule has 10 heteroatoms. The zero-order valence-electron chi connectivity index (χ0n) is 19.3. The van der Waals surface area contributed by atoms with Crippen LogP contribution < -0.4 is 10.1 Å². The number of amides is 1. The number of imidazole rings is 1. The van der Waals surface area contributed by atoms with Crippen LogP contribution in [0.2, 0.25) is 0 Å². The standard InChI is InChI=1S/C25H28F3N5O2/c26-25(27,28)35-19-6-4-17(5-7-19)24(34)33-13-9-16(10-14-33)20-8-12-30-23-21(20)31-22(32-23)18-3-1-2-11-29-15-18/h4-8,12,16,18,29H,1-3,9-11,13-15H2,(H,30,31,32). The van der Waals surface area contributed by atoms with Gasteiger partial charge in [-0.25, -0.2) is 9.97 Å². The van der Waals surface area contributed by atoms with Crippen LogP contribution in [-0.2, 0) is 0 Å². The lowest BCUT2D eigenvalue weighted by Gasteiger charge is -2.32. The van der Waals surface area contributed by atoms with Crippen molar-refractivity contribution in [3.05, 3.63) is 53.5 Å². The molecule has 2 fully saturated rings. The van der Waals surface area contributed by atoms with E-state index in [1.165, 1.54) is 37.1 Å². The number of rotatable bonds is 4. The lowest BCUT2D eigenvalue weighted by atomic mass is 9.89.